The molecule has 0 atom stereocenters. The highest BCUT2D eigenvalue weighted by molar-refractivity contribution is 7.41. The van der Waals surface area contributed by atoms with E-state index in [2.05, 4.69) is 309 Å². The molecule has 0 spiro atoms. The first-order chi connectivity index (χ1) is 36.6. The Morgan fingerprint density at radius 3 is 0.459 bits per heavy atom. The van der Waals surface area contributed by atoms with Gasteiger partial charge in [-0.2, -0.15) is 0 Å². The van der Waals surface area contributed by atoms with E-state index in [1.165, 1.54) is 0 Å². The third-order valence-corrected chi connectivity index (χ3v) is 19.6. The van der Waals surface area contributed by atoms with E-state index in [1.807, 2.05) is 0 Å². The van der Waals surface area contributed by atoms with Crippen molar-refractivity contribution < 1.29 is 0 Å². The van der Waals surface area contributed by atoms with Crippen molar-refractivity contribution in [1.82, 2.24) is 0 Å². The van der Waals surface area contributed by atoms with Crippen LogP contribution in [0.3, 0.4) is 0 Å². The molecule has 2 heteroatoms. The maximum absolute atomic E-state index is 9.69. The lowest BCUT2D eigenvalue weighted by molar-refractivity contribution is 1.56. The summed E-state index contributed by atoms with van der Waals surface area (Å²) in [4.78, 5) is 0. The topological polar surface area (TPSA) is 0 Å². The maximum Gasteiger partial charge on any atom is 0.249 e. The molecule has 0 aliphatic heterocycles. The van der Waals surface area contributed by atoms with Gasteiger partial charge < -0.3 is 0 Å². The van der Waals surface area contributed by atoms with Crippen LogP contribution in [0.15, 0.2) is 309 Å². The summed E-state index contributed by atoms with van der Waals surface area (Å²) in [7, 11) is -3.95. The van der Waals surface area contributed by atoms with Crippen LogP contribution in [0.2, 0.25) is 0 Å². The number of benzene rings is 12. The summed E-state index contributed by atoms with van der Waals surface area (Å²) in [5, 5.41) is 3.32. The number of rotatable bonds is 12. The molecule has 74 heavy (non-hydrogen) atoms. The predicted molar refractivity (Wildman–Crippen MR) is 319 cm³/mol. The highest BCUT2D eigenvalue weighted by atomic mass is 35.6. The van der Waals surface area contributed by atoms with Crippen LogP contribution in [0.4, 0.5) is 0 Å². The van der Waals surface area contributed by atoms with E-state index in [9.17, 15) is 11.1 Å². The van der Waals surface area contributed by atoms with Crippen molar-refractivity contribution in [2.24, 2.45) is 0 Å². The summed E-state index contributed by atoms with van der Waals surface area (Å²) >= 11 is 9.69. The summed E-state index contributed by atoms with van der Waals surface area (Å²) in [6.07, 6.45) is 0. The van der Waals surface area contributed by atoms with Crippen LogP contribution in [0.25, 0.3) is 100 Å². The molecule has 0 saturated carbocycles. The Morgan fingerprint density at radius 2 is 0.297 bits per heavy atom. The van der Waals surface area contributed by atoms with E-state index in [0.717, 1.165) is 116 Å². The second kappa shape index (κ2) is 20.7. The minimum Gasteiger partial charge on any atom is -0.149 e. The molecule has 0 N–H and O–H groups in total. The van der Waals surface area contributed by atoms with Gasteiger partial charge in [0.2, 0.25) is 7.38 Å². The summed E-state index contributed by atoms with van der Waals surface area (Å²) in [5.74, 6) is 0. The third-order valence-electron chi connectivity index (χ3n) is 14.3. The fourth-order valence-electron chi connectivity index (χ4n) is 10.8. The van der Waals surface area contributed by atoms with Gasteiger partial charge in [0.05, 0.1) is 0 Å². The SMILES string of the molecule is Cl[Si](c1cc(-c2ccccc2)c(-c2ccccc2)cc1-c1ccccc1)(c1cc(-c2ccccc2)c(-c2ccccc2)cc1-c1ccccc1)c1cc(-c2ccccc2)c(-c2ccccc2)cc1-c1ccccc1. The van der Waals surface area contributed by atoms with Gasteiger partial charge in [-0.1, -0.05) is 291 Å². The van der Waals surface area contributed by atoms with Crippen molar-refractivity contribution in [2.45, 2.75) is 0 Å². The van der Waals surface area contributed by atoms with Crippen LogP contribution in [0.1, 0.15) is 0 Å². The summed E-state index contributed by atoms with van der Waals surface area (Å²) < 4.78 is 0. The fraction of sp³-hybridized carbons (Fsp3) is 0. The second-order valence-electron chi connectivity index (χ2n) is 18.8. The van der Waals surface area contributed by atoms with Crippen molar-refractivity contribution in [3.8, 4) is 100 Å². The third kappa shape index (κ3) is 8.94. The highest BCUT2D eigenvalue weighted by Crippen LogP contribution is 2.43. The van der Waals surface area contributed by atoms with Gasteiger partial charge in [0.1, 0.15) is 0 Å². The minimum absolute atomic E-state index is 1.10. The first-order valence-corrected chi connectivity index (χ1v) is 28.4. The van der Waals surface area contributed by atoms with E-state index >= 15 is 0 Å². The van der Waals surface area contributed by atoms with Crippen molar-refractivity contribution in [3.05, 3.63) is 309 Å². The summed E-state index contributed by atoms with van der Waals surface area (Å²) in [5.41, 5.74) is 20.2. The van der Waals surface area contributed by atoms with Crippen LogP contribution in [-0.2, 0) is 0 Å². The molecule has 0 nitrogen and oxygen atoms in total. The molecule has 12 aromatic rings. The van der Waals surface area contributed by atoms with Gasteiger partial charge in [0.15, 0.2) is 0 Å². The van der Waals surface area contributed by atoms with E-state index in [1.54, 1.807) is 0 Å². The first-order valence-electron chi connectivity index (χ1n) is 25.3. The Morgan fingerprint density at radius 1 is 0.162 bits per heavy atom. The van der Waals surface area contributed by atoms with Crippen LogP contribution < -0.4 is 15.6 Å². The Balaban J connectivity index is 1.32. The molecule has 0 aromatic heterocycles. The van der Waals surface area contributed by atoms with Gasteiger partial charge >= 0.3 is 0 Å². The van der Waals surface area contributed by atoms with Gasteiger partial charge in [-0.25, -0.2) is 0 Å². The molecule has 350 valence electrons. The van der Waals surface area contributed by atoms with Gasteiger partial charge in [-0.05, 0) is 134 Å². The van der Waals surface area contributed by atoms with E-state index < -0.39 is 7.38 Å². The van der Waals surface area contributed by atoms with Gasteiger partial charge in [0.25, 0.3) is 0 Å². The number of hydrogen-bond donors (Lipinski definition) is 0. The molecule has 0 aliphatic rings. The van der Waals surface area contributed by atoms with E-state index in [0.29, 0.717) is 0 Å². The normalized spacial score (nSPS) is 11.3. The molecule has 0 radical (unpaired) electrons. The smallest absolute Gasteiger partial charge is 0.149 e. The molecule has 0 fully saturated rings. The average Bonchev–Trinajstić information content (AvgIpc) is 3.50. The molecule has 0 bridgehead atoms. The lowest BCUT2D eigenvalue weighted by Gasteiger charge is -2.35. The monoisotopic (exact) mass is 978 g/mol. The lowest BCUT2D eigenvalue weighted by Crippen LogP contribution is -2.64. The van der Waals surface area contributed by atoms with E-state index in [-0.39, 0.29) is 0 Å². The molecule has 0 unspecified atom stereocenters. The fourth-order valence-corrected chi connectivity index (χ4v) is 15.9. The standard InChI is InChI=1S/C72H51ClSi/c73-74(70-49-64(55-34-16-4-17-35-55)61(52-28-10-1-11-29-52)46-67(70)58-40-22-7-23-41-58,71-50-65(56-36-18-5-19-37-56)62(53-30-12-2-13-31-53)47-68(71)59-42-24-8-25-43-59)72-51-66(57-38-20-6-21-39-57)63(54-32-14-3-15-33-54)48-69(72)60-44-26-9-27-45-60/h1-51H. The summed E-state index contributed by atoms with van der Waals surface area (Å²) in [6, 6.07) is 113. The second-order valence-corrected chi connectivity index (χ2v) is 23.4. The summed E-state index contributed by atoms with van der Waals surface area (Å²) in [6.45, 7) is 0. The van der Waals surface area contributed by atoms with Crippen molar-refractivity contribution in [1.29, 1.82) is 0 Å². The molecule has 12 aromatic carbocycles. The Labute approximate surface area is 440 Å². The van der Waals surface area contributed by atoms with Gasteiger partial charge in [-0.3, -0.25) is 0 Å². The lowest BCUT2D eigenvalue weighted by atomic mass is 9.90. The molecule has 0 amide bonds. The van der Waals surface area contributed by atoms with Crippen LogP contribution >= 0.6 is 11.1 Å². The maximum atomic E-state index is 9.69. The van der Waals surface area contributed by atoms with Crippen molar-refractivity contribution in [3.63, 3.8) is 0 Å². The average molecular weight is 980 g/mol. The minimum atomic E-state index is -3.95. The number of halogens is 1. The van der Waals surface area contributed by atoms with Crippen molar-refractivity contribution in [2.75, 3.05) is 0 Å². The molecular weight excluding hydrogens is 928 g/mol. The molecule has 0 saturated heterocycles. The Bertz CT molecular complexity index is 3420. The zero-order valence-corrected chi connectivity index (χ0v) is 42.6. The molecule has 0 aliphatic carbocycles. The van der Waals surface area contributed by atoms with Crippen LogP contribution in [0.5, 0.6) is 0 Å². The number of hydrogen-bond acceptors (Lipinski definition) is 0. The molecule has 12 rings (SSSR count). The quantitative estimate of drug-likeness (QED) is 0.0650. The van der Waals surface area contributed by atoms with Gasteiger partial charge in [0, 0.05) is 0 Å². The first kappa shape index (κ1) is 46.2. The molecular formula is C72H51ClSi. The van der Waals surface area contributed by atoms with E-state index in [4.69, 9.17) is 0 Å². The highest BCUT2D eigenvalue weighted by Gasteiger charge is 2.45. The Kier molecular flexibility index (Phi) is 12.9. The molecule has 0 heterocycles. The zero-order valence-electron chi connectivity index (χ0n) is 40.8. The van der Waals surface area contributed by atoms with Crippen LogP contribution in [-0.4, -0.2) is 7.38 Å². The van der Waals surface area contributed by atoms with Gasteiger partial charge in [-0.15, -0.1) is 11.1 Å². The Hall–Kier alpha value is -8.85. The van der Waals surface area contributed by atoms with Crippen molar-refractivity contribution >= 4 is 34.0 Å². The zero-order chi connectivity index (χ0) is 49.7. The predicted octanol–water partition coefficient (Wildman–Crippen LogP) is 17.9. The van der Waals surface area contributed by atoms with Crippen LogP contribution in [0, 0.1) is 0 Å². The largest absolute Gasteiger partial charge is 0.249 e.